The van der Waals surface area contributed by atoms with Gasteiger partial charge in [-0.25, -0.2) is 0 Å². The molecule has 158 valence electrons. The Kier molecular flexibility index (Phi) is 13.5. The summed E-state index contributed by atoms with van der Waals surface area (Å²) in [6, 6.07) is 0. The molecule has 0 rings (SSSR count). The molecule has 0 saturated carbocycles. The van der Waals surface area contributed by atoms with Gasteiger partial charge in [-0.3, -0.25) is 14.4 Å². The lowest BCUT2D eigenvalue weighted by atomic mass is 10.1. The first-order valence-corrected chi connectivity index (χ1v) is 9.25. The summed E-state index contributed by atoms with van der Waals surface area (Å²) in [5.41, 5.74) is 0. The van der Waals surface area contributed by atoms with E-state index in [1.807, 2.05) is 0 Å². The van der Waals surface area contributed by atoms with E-state index in [0.717, 1.165) is 0 Å². The molecular weight excluding hydrogens is 360 g/mol. The fourth-order valence-electron chi connectivity index (χ4n) is 1.78. The SMILES string of the molecule is CCC(O)COC(=O)C(COC(=O)CC(O)CC)COC(=O)CC(O)CC. The summed E-state index contributed by atoms with van der Waals surface area (Å²) >= 11 is 0. The number of rotatable bonds is 14. The highest BCUT2D eigenvalue weighted by Gasteiger charge is 2.26. The predicted octanol–water partition coefficient (Wildman–Crippen LogP) is 0.325. The molecule has 3 N–H and O–H groups in total. The fraction of sp³-hybridized carbons (Fsp3) is 0.833. The minimum absolute atomic E-state index is 0.213. The van der Waals surface area contributed by atoms with Crippen LogP contribution in [0.4, 0.5) is 0 Å². The lowest BCUT2D eigenvalue weighted by Crippen LogP contribution is -2.32. The Morgan fingerprint density at radius 3 is 1.44 bits per heavy atom. The van der Waals surface area contributed by atoms with Gasteiger partial charge in [0.2, 0.25) is 0 Å². The molecule has 9 nitrogen and oxygen atoms in total. The fourth-order valence-corrected chi connectivity index (χ4v) is 1.78. The van der Waals surface area contributed by atoms with Gasteiger partial charge in [0.1, 0.15) is 25.7 Å². The molecule has 3 unspecified atom stereocenters. The smallest absolute Gasteiger partial charge is 0.316 e. The summed E-state index contributed by atoms with van der Waals surface area (Å²) in [6.45, 7) is 4.14. The molecule has 0 aromatic heterocycles. The van der Waals surface area contributed by atoms with Crippen LogP contribution in [0.1, 0.15) is 52.9 Å². The average molecular weight is 392 g/mol. The third kappa shape index (κ3) is 12.3. The number of ether oxygens (including phenoxy) is 3. The molecule has 3 atom stereocenters. The second-order valence-corrected chi connectivity index (χ2v) is 6.29. The molecule has 0 bridgehead atoms. The van der Waals surface area contributed by atoms with Crippen LogP contribution in [-0.4, -0.2) is 71.4 Å². The Bertz CT molecular complexity index is 424. The van der Waals surface area contributed by atoms with Gasteiger partial charge in [0.15, 0.2) is 0 Å². The van der Waals surface area contributed by atoms with Crippen LogP contribution in [0.15, 0.2) is 0 Å². The molecule has 27 heavy (non-hydrogen) atoms. The van der Waals surface area contributed by atoms with Crippen LogP contribution in [0.2, 0.25) is 0 Å². The van der Waals surface area contributed by atoms with E-state index in [4.69, 9.17) is 14.2 Å². The zero-order chi connectivity index (χ0) is 20.8. The monoisotopic (exact) mass is 392 g/mol. The Balaban J connectivity index is 4.66. The minimum atomic E-state index is -1.07. The quantitative estimate of drug-likeness (QED) is 0.282. The zero-order valence-electron chi connectivity index (χ0n) is 16.3. The number of carbonyl (C=O) groups is 3. The first-order valence-electron chi connectivity index (χ1n) is 9.25. The van der Waals surface area contributed by atoms with E-state index in [-0.39, 0.29) is 32.7 Å². The van der Waals surface area contributed by atoms with Gasteiger partial charge in [-0.1, -0.05) is 20.8 Å². The molecule has 0 aliphatic rings. The molecule has 0 spiro atoms. The van der Waals surface area contributed by atoms with E-state index in [2.05, 4.69) is 0 Å². The standard InChI is InChI=1S/C18H32O9/c1-4-13(19)7-16(22)25-9-12(18(24)27-11-15(21)6-3)10-26-17(23)8-14(20)5-2/h12-15,19-21H,4-11H2,1-3H3. The van der Waals surface area contributed by atoms with E-state index in [1.54, 1.807) is 20.8 Å². The Morgan fingerprint density at radius 2 is 1.07 bits per heavy atom. The van der Waals surface area contributed by atoms with Crippen molar-refractivity contribution in [3.8, 4) is 0 Å². The van der Waals surface area contributed by atoms with Crippen LogP contribution in [0.3, 0.4) is 0 Å². The predicted molar refractivity (Wildman–Crippen MR) is 94.5 cm³/mol. The zero-order valence-corrected chi connectivity index (χ0v) is 16.3. The lowest BCUT2D eigenvalue weighted by Gasteiger charge is -2.18. The number of carbonyl (C=O) groups excluding carboxylic acids is 3. The number of aliphatic hydroxyl groups excluding tert-OH is 3. The molecule has 0 aliphatic carbocycles. The summed E-state index contributed by atoms with van der Waals surface area (Å²) in [5.74, 6) is -3.23. The normalized spacial score (nSPS) is 15.3. The minimum Gasteiger partial charge on any atom is -0.465 e. The van der Waals surface area contributed by atoms with Gasteiger partial charge >= 0.3 is 17.9 Å². The van der Waals surface area contributed by atoms with Crippen molar-refractivity contribution in [1.29, 1.82) is 0 Å². The van der Waals surface area contributed by atoms with Crippen molar-refractivity contribution in [2.45, 2.75) is 71.2 Å². The summed E-state index contributed by atoms with van der Waals surface area (Å²) in [6.07, 6.45) is -1.76. The van der Waals surface area contributed by atoms with Gasteiger partial charge in [-0.05, 0) is 19.3 Å². The first-order chi connectivity index (χ1) is 12.7. The second kappa shape index (κ2) is 14.4. The molecule has 0 amide bonds. The second-order valence-electron chi connectivity index (χ2n) is 6.29. The number of hydrogen-bond donors (Lipinski definition) is 3. The molecule has 9 heteroatoms. The highest BCUT2D eigenvalue weighted by molar-refractivity contribution is 5.75. The largest absolute Gasteiger partial charge is 0.465 e. The van der Waals surface area contributed by atoms with Crippen LogP contribution in [0.25, 0.3) is 0 Å². The molecule has 0 saturated heterocycles. The number of aliphatic hydroxyl groups is 3. The van der Waals surface area contributed by atoms with Gasteiger partial charge in [0.05, 0.1) is 31.2 Å². The van der Waals surface area contributed by atoms with Crippen LogP contribution in [-0.2, 0) is 28.6 Å². The van der Waals surface area contributed by atoms with Crippen molar-refractivity contribution in [1.82, 2.24) is 0 Å². The van der Waals surface area contributed by atoms with Crippen molar-refractivity contribution < 1.29 is 43.9 Å². The third-order valence-electron chi connectivity index (χ3n) is 3.86. The summed E-state index contributed by atoms with van der Waals surface area (Å²) < 4.78 is 14.9. The van der Waals surface area contributed by atoms with Gasteiger partial charge in [0.25, 0.3) is 0 Å². The highest BCUT2D eigenvalue weighted by atomic mass is 16.6. The topological polar surface area (TPSA) is 140 Å². The van der Waals surface area contributed by atoms with Gasteiger partial charge in [-0.2, -0.15) is 0 Å². The molecule has 0 aromatic rings. The maximum absolute atomic E-state index is 12.1. The van der Waals surface area contributed by atoms with Gasteiger partial charge < -0.3 is 29.5 Å². The van der Waals surface area contributed by atoms with E-state index in [1.165, 1.54) is 0 Å². The van der Waals surface area contributed by atoms with E-state index < -0.39 is 42.1 Å². The Morgan fingerprint density at radius 1 is 0.667 bits per heavy atom. The molecule has 0 radical (unpaired) electrons. The molecule has 0 fully saturated rings. The van der Waals surface area contributed by atoms with Crippen molar-refractivity contribution in [3.63, 3.8) is 0 Å². The maximum Gasteiger partial charge on any atom is 0.316 e. The average Bonchev–Trinajstić information content (AvgIpc) is 2.65. The Labute approximate surface area is 159 Å². The molecule has 0 heterocycles. The molecule has 0 aliphatic heterocycles. The first kappa shape index (κ1) is 25.3. The maximum atomic E-state index is 12.1. The lowest BCUT2D eigenvalue weighted by molar-refractivity contribution is -0.163. The van der Waals surface area contributed by atoms with Gasteiger partial charge in [0, 0.05) is 0 Å². The summed E-state index contributed by atoms with van der Waals surface area (Å²) in [5, 5.41) is 28.4. The summed E-state index contributed by atoms with van der Waals surface area (Å²) in [7, 11) is 0. The summed E-state index contributed by atoms with van der Waals surface area (Å²) in [4.78, 5) is 35.4. The van der Waals surface area contributed by atoms with Crippen molar-refractivity contribution in [2.75, 3.05) is 19.8 Å². The Hall–Kier alpha value is -1.71. The van der Waals surface area contributed by atoms with Gasteiger partial charge in [-0.15, -0.1) is 0 Å². The molecular formula is C18H32O9. The van der Waals surface area contributed by atoms with Crippen molar-refractivity contribution in [2.24, 2.45) is 5.92 Å². The molecule has 0 aromatic carbocycles. The van der Waals surface area contributed by atoms with Crippen LogP contribution < -0.4 is 0 Å². The van der Waals surface area contributed by atoms with Crippen LogP contribution >= 0.6 is 0 Å². The third-order valence-corrected chi connectivity index (χ3v) is 3.86. The highest BCUT2D eigenvalue weighted by Crippen LogP contribution is 2.08. The number of esters is 3. The van der Waals surface area contributed by atoms with E-state index in [9.17, 15) is 29.7 Å². The van der Waals surface area contributed by atoms with Crippen LogP contribution in [0.5, 0.6) is 0 Å². The van der Waals surface area contributed by atoms with E-state index in [0.29, 0.717) is 19.3 Å². The van der Waals surface area contributed by atoms with Crippen molar-refractivity contribution in [3.05, 3.63) is 0 Å². The van der Waals surface area contributed by atoms with Crippen molar-refractivity contribution >= 4 is 17.9 Å². The van der Waals surface area contributed by atoms with E-state index >= 15 is 0 Å². The number of hydrogen-bond acceptors (Lipinski definition) is 9. The van der Waals surface area contributed by atoms with Crippen LogP contribution in [0, 0.1) is 5.92 Å².